The Morgan fingerprint density at radius 3 is 2.62 bits per heavy atom. The Bertz CT molecular complexity index is 595. The summed E-state index contributed by atoms with van der Waals surface area (Å²) in [5, 5.41) is 2.78. The zero-order chi connectivity index (χ0) is 15.2. The van der Waals surface area contributed by atoms with Crippen LogP contribution in [0, 0.1) is 5.92 Å². The minimum absolute atomic E-state index is 0.0184. The Hall–Kier alpha value is -1.85. The lowest BCUT2D eigenvalue weighted by Gasteiger charge is -2.13. The number of rotatable bonds is 4. The van der Waals surface area contributed by atoms with Crippen molar-refractivity contribution in [3.63, 3.8) is 0 Å². The number of amides is 1. The van der Waals surface area contributed by atoms with Crippen molar-refractivity contribution in [1.82, 2.24) is 14.9 Å². The van der Waals surface area contributed by atoms with Gasteiger partial charge in [0, 0.05) is 26.2 Å². The zero-order valence-corrected chi connectivity index (χ0v) is 12.5. The van der Waals surface area contributed by atoms with Gasteiger partial charge in [0.15, 0.2) is 0 Å². The molecular weight excluding hydrogens is 270 g/mol. The molecule has 0 aliphatic heterocycles. The van der Waals surface area contributed by atoms with E-state index in [9.17, 15) is 14.4 Å². The van der Waals surface area contributed by atoms with Crippen molar-refractivity contribution in [3.8, 4) is 0 Å². The number of carbonyl (C=O) groups excluding carboxylic acids is 1. The van der Waals surface area contributed by atoms with Crippen LogP contribution in [-0.2, 0) is 18.4 Å². The third kappa shape index (κ3) is 4.58. The summed E-state index contributed by atoms with van der Waals surface area (Å²) in [6.45, 7) is 0.162. The fourth-order valence-corrected chi connectivity index (χ4v) is 2.84. The van der Waals surface area contributed by atoms with Crippen molar-refractivity contribution in [1.29, 1.82) is 0 Å². The molecular formula is C15H23N3O3. The first-order chi connectivity index (χ1) is 10.1. The molecule has 0 atom stereocenters. The average molecular weight is 293 g/mol. The highest BCUT2D eigenvalue weighted by atomic mass is 16.2. The molecule has 0 unspecified atom stereocenters. The number of nitrogens with one attached hydrogen (secondary N) is 2. The Morgan fingerprint density at radius 1 is 1.29 bits per heavy atom. The van der Waals surface area contributed by atoms with Gasteiger partial charge in [-0.15, -0.1) is 0 Å². The van der Waals surface area contributed by atoms with E-state index in [0.717, 1.165) is 12.8 Å². The second-order valence-corrected chi connectivity index (χ2v) is 5.86. The smallest absolute Gasteiger partial charge is 0.328 e. The number of aromatic nitrogens is 2. The molecule has 1 amide bonds. The van der Waals surface area contributed by atoms with Gasteiger partial charge in [-0.25, -0.2) is 4.79 Å². The summed E-state index contributed by atoms with van der Waals surface area (Å²) in [7, 11) is 1.56. The number of hydrogen-bond donors (Lipinski definition) is 2. The largest absolute Gasteiger partial charge is 0.352 e. The summed E-state index contributed by atoms with van der Waals surface area (Å²) in [6.07, 6.45) is 9.19. The van der Waals surface area contributed by atoms with Crippen molar-refractivity contribution in [2.45, 2.75) is 51.5 Å². The van der Waals surface area contributed by atoms with Crippen LogP contribution < -0.4 is 16.6 Å². The van der Waals surface area contributed by atoms with Crippen LogP contribution in [0.2, 0.25) is 0 Å². The van der Waals surface area contributed by atoms with Gasteiger partial charge in [0.2, 0.25) is 5.91 Å². The Labute approximate surface area is 123 Å². The lowest BCUT2D eigenvalue weighted by Crippen LogP contribution is -2.33. The van der Waals surface area contributed by atoms with Gasteiger partial charge in [0.1, 0.15) is 0 Å². The van der Waals surface area contributed by atoms with E-state index in [2.05, 4.69) is 10.3 Å². The van der Waals surface area contributed by atoms with Crippen LogP contribution >= 0.6 is 0 Å². The van der Waals surface area contributed by atoms with E-state index >= 15 is 0 Å². The average Bonchev–Trinajstić information content (AvgIpc) is 2.70. The molecule has 0 aromatic carbocycles. The molecule has 6 heteroatoms. The molecule has 1 aromatic rings. The molecule has 21 heavy (non-hydrogen) atoms. The number of nitrogens with zero attached hydrogens (tertiary/aromatic N) is 1. The predicted molar refractivity (Wildman–Crippen MR) is 80.0 cm³/mol. The Morgan fingerprint density at radius 2 is 1.95 bits per heavy atom. The van der Waals surface area contributed by atoms with Gasteiger partial charge in [0.25, 0.3) is 5.56 Å². The summed E-state index contributed by atoms with van der Waals surface area (Å²) >= 11 is 0. The minimum atomic E-state index is -0.450. The van der Waals surface area contributed by atoms with Gasteiger partial charge >= 0.3 is 5.69 Å². The first-order valence-corrected chi connectivity index (χ1v) is 7.62. The van der Waals surface area contributed by atoms with Crippen LogP contribution in [0.3, 0.4) is 0 Å². The first kappa shape index (κ1) is 15.5. The standard InChI is InChI=1S/C15H23N3O3/c1-18-10-12(14(20)17-15(18)21)9-16-13(19)8-11-6-4-2-3-5-7-11/h10-11H,2-9H2,1H3,(H,16,19)(H,17,20,21). The van der Waals surface area contributed by atoms with E-state index in [1.54, 1.807) is 7.05 Å². The van der Waals surface area contributed by atoms with E-state index in [0.29, 0.717) is 17.9 Å². The second-order valence-electron chi connectivity index (χ2n) is 5.86. The zero-order valence-electron chi connectivity index (χ0n) is 12.5. The lowest BCUT2D eigenvalue weighted by atomic mass is 9.96. The Balaban J connectivity index is 1.87. The summed E-state index contributed by atoms with van der Waals surface area (Å²) in [4.78, 5) is 37.1. The van der Waals surface area contributed by atoms with E-state index in [-0.39, 0.29) is 12.5 Å². The monoisotopic (exact) mass is 293 g/mol. The maximum atomic E-state index is 12.0. The van der Waals surface area contributed by atoms with E-state index in [1.165, 1.54) is 36.4 Å². The molecule has 6 nitrogen and oxygen atoms in total. The number of aromatic amines is 1. The molecule has 2 N–H and O–H groups in total. The molecule has 1 aliphatic carbocycles. The molecule has 1 fully saturated rings. The van der Waals surface area contributed by atoms with Crippen LogP contribution in [0.25, 0.3) is 0 Å². The van der Waals surface area contributed by atoms with Crippen LogP contribution in [-0.4, -0.2) is 15.5 Å². The molecule has 1 heterocycles. The fraction of sp³-hybridized carbons (Fsp3) is 0.667. The topological polar surface area (TPSA) is 84.0 Å². The van der Waals surface area contributed by atoms with Crippen LogP contribution in [0.4, 0.5) is 0 Å². The maximum Gasteiger partial charge on any atom is 0.328 e. The van der Waals surface area contributed by atoms with Crippen molar-refractivity contribution in [3.05, 3.63) is 32.6 Å². The van der Waals surface area contributed by atoms with Gasteiger partial charge in [-0.05, 0) is 18.8 Å². The van der Waals surface area contributed by atoms with Crippen molar-refractivity contribution in [2.24, 2.45) is 13.0 Å². The van der Waals surface area contributed by atoms with E-state index in [4.69, 9.17) is 0 Å². The maximum absolute atomic E-state index is 12.0. The van der Waals surface area contributed by atoms with Crippen LogP contribution in [0.1, 0.15) is 50.5 Å². The number of aryl methyl sites for hydroxylation is 1. The summed E-state index contributed by atoms with van der Waals surface area (Å²) in [5.41, 5.74) is -0.493. The highest BCUT2D eigenvalue weighted by Crippen LogP contribution is 2.25. The number of carbonyl (C=O) groups is 1. The van der Waals surface area contributed by atoms with Gasteiger partial charge in [-0.2, -0.15) is 0 Å². The summed E-state index contributed by atoms with van der Waals surface area (Å²) in [5.74, 6) is 0.445. The highest BCUT2D eigenvalue weighted by Gasteiger charge is 2.16. The van der Waals surface area contributed by atoms with E-state index in [1.807, 2.05) is 0 Å². The third-order valence-corrected chi connectivity index (χ3v) is 4.11. The lowest BCUT2D eigenvalue weighted by molar-refractivity contribution is -0.122. The number of hydrogen-bond acceptors (Lipinski definition) is 3. The molecule has 0 bridgehead atoms. The molecule has 1 saturated carbocycles. The predicted octanol–water partition coefficient (Wildman–Crippen LogP) is 1.05. The third-order valence-electron chi connectivity index (χ3n) is 4.11. The van der Waals surface area contributed by atoms with Crippen molar-refractivity contribution < 1.29 is 4.79 Å². The van der Waals surface area contributed by atoms with Gasteiger partial charge in [-0.3, -0.25) is 14.6 Å². The normalized spacial score (nSPS) is 16.4. The molecule has 2 rings (SSSR count). The summed E-state index contributed by atoms with van der Waals surface area (Å²) in [6, 6.07) is 0. The van der Waals surface area contributed by atoms with Gasteiger partial charge in [-0.1, -0.05) is 25.7 Å². The quantitative estimate of drug-likeness (QED) is 0.814. The highest BCUT2D eigenvalue weighted by molar-refractivity contribution is 5.76. The fourth-order valence-electron chi connectivity index (χ4n) is 2.84. The second kappa shape index (κ2) is 7.24. The molecule has 1 aromatic heterocycles. The molecule has 116 valence electrons. The SMILES string of the molecule is Cn1cc(CNC(=O)CC2CCCCCC2)c(=O)[nH]c1=O. The Kier molecular flexibility index (Phi) is 5.36. The van der Waals surface area contributed by atoms with Crippen molar-refractivity contribution in [2.75, 3.05) is 0 Å². The van der Waals surface area contributed by atoms with Gasteiger partial charge in [0.05, 0.1) is 5.56 Å². The molecule has 0 saturated heterocycles. The van der Waals surface area contributed by atoms with Crippen LogP contribution in [0.15, 0.2) is 15.8 Å². The molecule has 0 spiro atoms. The molecule has 1 aliphatic rings. The summed E-state index contributed by atoms with van der Waals surface area (Å²) < 4.78 is 1.30. The van der Waals surface area contributed by atoms with Crippen LogP contribution in [0.5, 0.6) is 0 Å². The molecule has 0 radical (unpaired) electrons. The number of H-pyrrole nitrogens is 1. The van der Waals surface area contributed by atoms with Crippen molar-refractivity contribution >= 4 is 5.91 Å². The van der Waals surface area contributed by atoms with E-state index < -0.39 is 11.2 Å². The van der Waals surface area contributed by atoms with Gasteiger partial charge < -0.3 is 9.88 Å². The first-order valence-electron chi connectivity index (χ1n) is 7.62. The minimum Gasteiger partial charge on any atom is -0.352 e.